The van der Waals surface area contributed by atoms with Gasteiger partial charge in [-0.15, -0.1) is 11.3 Å². The van der Waals surface area contributed by atoms with Crippen LogP contribution in [0, 0.1) is 0 Å². The van der Waals surface area contributed by atoms with Crippen LogP contribution in [0.15, 0.2) is 65.6 Å². The molecular weight excluding hydrogens is 531 g/mol. The van der Waals surface area contributed by atoms with Gasteiger partial charge in [-0.2, -0.15) is 13.2 Å². The summed E-state index contributed by atoms with van der Waals surface area (Å²) in [7, 11) is 0. The van der Waals surface area contributed by atoms with E-state index in [1.165, 1.54) is 23.5 Å². The third kappa shape index (κ3) is 5.97. The zero-order chi connectivity index (χ0) is 27.6. The third-order valence-electron chi connectivity index (χ3n) is 6.85. The first-order chi connectivity index (χ1) is 18.7. The number of aromatic nitrogens is 2. The van der Waals surface area contributed by atoms with Crippen LogP contribution in [0.2, 0.25) is 0 Å². The Kier molecular flexibility index (Phi) is 7.69. The second-order valence-electron chi connectivity index (χ2n) is 9.29. The summed E-state index contributed by atoms with van der Waals surface area (Å²) >= 11 is 1.37. The van der Waals surface area contributed by atoms with E-state index in [9.17, 15) is 27.9 Å². The first kappa shape index (κ1) is 26.9. The molecule has 1 aliphatic heterocycles. The van der Waals surface area contributed by atoms with Crippen LogP contribution in [0.25, 0.3) is 16.6 Å². The van der Waals surface area contributed by atoms with Crippen molar-refractivity contribution in [1.82, 2.24) is 19.4 Å². The van der Waals surface area contributed by atoms with Crippen molar-refractivity contribution in [1.29, 1.82) is 0 Å². The number of aliphatic hydroxyl groups is 1. The lowest BCUT2D eigenvalue weighted by Crippen LogP contribution is -2.53. The Morgan fingerprint density at radius 3 is 2.44 bits per heavy atom. The van der Waals surface area contributed by atoms with Crippen molar-refractivity contribution >= 4 is 39.7 Å². The number of carbonyl (C=O) groups excluding carboxylic acids is 2. The van der Waals surface area contributed by atoms with Gasteiger partial charge in [0.2, 0.25) is 5.91 Å². The van der Waals surface area contributed by atoms with Gasteiger partial charge in [0.25, 0.3) is 5.91 Å². The fourth-order valence-electron chi connectivity index (χ4n) is 4.76. The van der Waals surface area contributed by atoms with Gasteiger partial charge in [0.15, 0.2) is 0 Å². The highest BCUT2D eigenvalue weighted by Gasteiger charge is 2.30. The molecule has 2 aromatic carbocycles. The largest absolute Gasteiger partial charge is 0.416 e. The molecule has 0 unspecified atom stereocenters. The average Bonchev–Trinajstić information content (AvgIpc) is 3.61. The molecule has 0 bridgehead atoms. The quantitative estimate of drug-likeness (QED) is 0.355. The van der Waals surface area contributed by atoms with Gasteiger partial charge in [0.1, 0.15) is 5.69 Å². The van der Waals surface area contributed by atoms with Crippen molar-refractivity contribution < 1.29 is 27.9 Å². The summed E-state index contributed by atoms with van der Waals surface area (Å²) in [4.78, 5) is 33.1. The molecule has 39 heavy (non-hydrogen) atoms. The molecule has 0 radical (unpaired) electrons. The van der Waals surface area contributed by atoms with Gasteiger partial charge in [-0.3, -0.25) is 14.5 Å². The number of rotatable bonds is 7. The fraction of sp³-hybridized carbons (Fsp3) is 0.296. The number of halogens is 3. The van der Waals surface area contributed by atoms with Crippen molar-refractivity contribution in [3.63, 3.8) is 0 Å². The highest BCUT2D eigenvalue weighted by molar-refractivity contribution is 7.07. The van der Waals surface area contributed by atoms with Gasteiger partial charge in [-0.1, -0.05) is 0 Å². The summed E-state index contributed by atoms with van der Waals surface area (Å²) in [6.45, 7) is 1.86. The molecule has 204 valence electrons. The molecule has 1 atom stereocenters. The van der Waals surface area contributed by atoms with Crippen LogP contribution in [0.4, 0.5) is 18.9 Å². The van der Waals surface area contributed by atoms with Gasteiger partial charge in [0, 0.05) is 67.0 Å². The van der Waals surface area contributed by atoms with Gasteiger partial charge >= 0.3 is 6.18 Å². The Hall–Kier alpha value is -3.74. The zero-order valence-electron chi connectivity index (χ0n) is 20.8. The number of aliphatic hydroxyl groups excluding tert-OH is 1. The molecule has 0 aliphatic carbocycles. The Bertz CT molecular complexity index is 1450. The van der Waals surface area contributed by atoms with Crippen LogP contribution in [0.3, 0.4) is 0 Å². The normalized spacial score (nSPS) is 15.4. The van der Waals surface area contributed by atoms with E-state index in [0.29, 0.717) is 43.2 Å². The van der Waals surface area contributed by atoms with E-state index in [4.69, 9.17) is 0 Å². The maximum Gasteiger partial charge on any atom is 0.416 e. The molecule has 1 saturated heterocycles. The number of piperazine rings is 1. The maximum atomic E-state index is 12.9. The van der Waals surface area contributed by atoms with Crippen molar-refractivity contribution in [2.75, 3.05) is 38.1 Å². The molecule has 3 heterocycles. The van der Waals surface area contributed by atoms with Crippen molar-refractivity contribution in [3.8, 4) is 5.69 Å². The number of amides is 2. The highest BCUT2D eigenvalue weighted by Crippen LogP contribution is 2.31. The lowest BCUT2D eigenvalue weighted by molar-refractivity contribution is -0.137. The summed E-state index contributed by atoms with van der Waals surface area (Å²) < 4.78 is 40.5. The van der Waals surface area contributed by atoms with Crippen LogP contribution in [-0.2, 0) is 11.0 Å². The number of anilines is 1. The summed E-state index contributed by atoms with van der Waals surface area (Å²) in [6.07, 6.45) is -2.55. The number of benzene rings is 2. The minimum absolute atomic E-state index is 0.0845. The van der Waals surface area contributed by atoms with Gasteiger partial charge in [0.05, 0.1) is 23.2 Å². The van der Waals surface area contributed by atoms with Gasteiger partial charge in [-0.25, -0.2) is 4.98 Å². The summed E-state index contributed by atoms with van der Waals surface area (Å²) in [5.74, 6) is -0.367. The SMILES string of the molecule is O=C(C[C@H](CO)N1CCN(C(=O)c2cscn2)CC1)Nc1ccc2c(ccn2-c2ccc(C(F)(F)F)cc2)c1. The number of thiazole rings is 1. The van der Waals surface area contributed by atoms with E-state index in [0.717, 1.165) is 23.0 Å². The molecule has 2 N–H and O–H groups in total. The molecule has 8 nitrogen and oxygen atoms in total. The molecule has 0 spiro atoms. The van der Waals surface area contributed by atoms with Crippen LogP contribution >= 0.6 is 11.3 Å². The highest BCUT2D eigenvalue weighted by atomic mass is 32.1. The van der Waals surface area contributed by atoms with E-state index < -0.39 is 11.7 Å². The van der Waals surface area contributed by atoms with Gasteiger partial charge < -0.3 is 19.9 Å². The molecular formula is C27H26F3N5O3S. The van der Waals surface area contributed by atoms with E-state index >= 15 is 0 Å². The molecule has 1 fully saturated rings. The van der Waals surface area contributed by atoms with Crippen LogP contribution < -0.4 is 5.32 Å². The number of hydrogen-bond acceptors (Lipinski definition) is 6. The molecule has 2 amide bonds. The lowest BCUT2D eigenvalue weighted by Gasteiger charge is -2.38. The molecule has 4 aromatic rings. The number of carbonyl (C=O) groups is 2. The standard InChI is InChI=1S/C27H26F3N5O3S/c28-27(29,30)19-1-4-21(5-2-19)35-8-7-18-13-20(3-6-24(18)35)32-25(37)14-22(15-36)33-9-11-34(12-10-33)26(38)23-16-39-17-31-23/h1-8,13,16-17,22,36H,9-12,14-15H2,(H,32,37)/t22-/m1/s1. The summed E-state index contributed by atoms with van der Waals surface area (Å²) in [5.41, 5.74) is 3.29. The predicted octanol–water partition coefficient (Wildman–Crippen LogP) is 4.25. The van der Waals surface area contributed by atoms with E-state index in [-0.39, 0.29) is 30.9 Å². The smallest absolute Gasteiger partial charge is 0.395 e. The minimum Gasteiger partial charge on any atom is -0.395 e. The fourth-order valence-corrected chi connectivity index (χ4v) is 5.29. The third-order valence-corrected chi connectivity index (χ3v) is 7.43. The van der Waals surface area contributed by atoms with Crippen molar-refractivity contribution in [2.45, 2.75) is 18.6 Å². The minimum atomic E-state index is -4.39. The van der Waals surface area contributed by atoms with E-state index in [1.807, 2.05) is 11.0 Å². The number of hydrogen-bond donors (Lipinski definition) is 2. The molecule has 5 rings (SSSR count). The molecule has 1 aliphatic rings. The maximum absolute atomic E-state index is 12.9. The zero-order valence-corrected chi connectivity index (χ0v) is 21.6. The van der Waals surface area contributed by atoms with Crippen molar-refractivity contribution in [3.05, 3.63) is 76.9 Å². The molecule has 12 heteroatoms. The second kappa shape index (κ2) is 11.2. The lowest BCUT2D eigenvalue weighted by atomic mass is 10.1. The topological polar surface area (TPSA) is 90.7 Å². The molecule has 0 saturated carbocycles. The number of nitrogens with zero attached hydrogens (tertiary/aromatic N) is 4. The second-order valence-corrected chi connectivity index (χ2v) is 10.0. The summed E-state index contributed by atoms with van der Waals surface area (Å²) in [6, 6.07) is 11.7. The molecule has 2 aromatic heterocycles. The van der Waals surface area contributed by atoms with Crippen LogP contribution in [-0.4, -0.2) is 75.1 Å². The van der Waals surface area contributed by atoms with E-state index in [2.05, 4.69) is 10.3 Å². The first-order valence-corrected chi connectivity index (χ1v) is 13.3. The number of alkyl halides is 3. The Labute approximate surface area is 226 Å². The number of nitrogens with one attached hydrogen (secondary N) is 1. The van der Waals surface area contributed by atoms with Crippen LogP contribution in [0.1, 0.15) is 22.5 Å². The van der Waals surface area contributed by atoms with Gasteiger partial charge in [-0.05, 0) is 48.5 Å². The van der Waals surface area contributed by atoms with Crippen molar-refractivity contribution in [2.24, 2.45) is 0 Å². The Morgan fingerprint density at radius 1 is 1.05 bits per heavy atom. The Balaban J connectivity index is 1.19. The summed E-state index contributed by atoms with van der Waals surface area (Å²) in [5, 5.41) is 15.4. The Morgan fingerprint density at radius 2 is 1.79 bits per heavy atom. The average molecular weight is 558 g/mol. The van der Waals surface area contributed by atoms with E-state index in [1.54, 1.807) is 44.8 Å². The first-order valence-electron chi connectivity index (χ1n) is 12.3. The number of fused-ring (bicyclic) bond motifs is 1. The predicted molar refractivity (Wildman–Crippen MR) is 142 cm³/mol. The van der Waals surface area contributed by atoms with Crippen LogP contribution in [0.5, 0.6) is 0 Å². The monoisotopic (exact) mass is 557 g/mol.